The molecule has 132 valence electrons. The highest BCUT2D eigenvalue weighted by molar-refractivity contribution is 6.42. The third kappa shape index (κ3) is 3.18. The van der Waals surface area contributed by atoms with Crippen molar-refractivity contribution < 1.29 is 19.1 Å². The number of rotatable bonds is 2. The first kappa shape index (κ1) is 18.0. The molecule has 0 aromatic heterocycles. The van der Waals surface area contributed by atoms with Crippen molar-refractivity contribution in [2.24, 2.45) is 11.8 Å². The van der Waals surface area contributed by atoms with Crippen molar-refractivity contribution in [3.63, 3.8) is 0 Å². The van der Waals surface area contributed by atoms with E-state index in [1.54, 1.807) is 25.1 Å². The van der Waals surface area contributed by atoms with Gasteiger partial charge in [-0.05, 0) is 30.0 Å². The second-order valence-electron chi connectivity index (χ2n) is 6.42. The number of Topliss-reactive ketones (excluding diaryl/α,β-unsaturated/α-hetero) is 1. The summed E-state index contributed by atoms with van der Waals surface area (Å²) in [6.07, 6.45) is 0.551. The number of benzene rings is 1. The van der Waals surface area contributed by atoms with Gasteiger partial charge in [0.15, 0.2) is 5.78 Å². The minimum atomic E-state index is -0.857. The fraction of sp³-hybridized carbons (Fsp3) is 0.389. The van der Waals surface area contributed by atoms with Gasteiger partial charge in [-0.15, -0.1) is 0 Å². The molecule has 1 aromatic carbocycles. The lowest BCUT2D eigenvalue weighted by atomic mass is 9.70. The van der Waals surface area contributed by atoms with Gasteiger partial charge in [0, 0.05) is 23.6 Å². The van der Waals surface area contributed by atoms with Crippen molar-refractivity contribution in [1.29, 1.82) is 0 Å². The smallest absolute Gasteiger partial charge is 0.316 e. The number of ether oxygens (including phenoxy) is 1. The number of hydrogen-bond donors (Lipinski definition) is 1. The summed E-state index contributed by atoms with van der Waals surface area (Å²) in [6, 6.07) is 5.05. The van der Waals surface area contributed by atoms with Crippen LogP contribution >= 0.6 is 23.2 Å². The van der Waals surface area contributed by atoms with Gasteiger partial charge in [0.1, 0.15) is 5.92 Å². The number of allylic oxidation sites excluding steroid dienone is 2. The van der Waals surface area contributed by atoms with Gasteiger partial charge in [-0.3, -0.25) is 14.4 Å². The van der Waals surface area contributed by atoms with Gasteiger partial charge in [-0.2, -0.15) is 0 Å². The van der Waals surface area contributed by atoms with Gasteiger partial charge in [0.2, 0.25) is 5.91 Å². The summed E-state index contributed by atoms with van der Waals surface area (Å²) < 4.78 is 4.80. The standard InChI is InChI=1S/C18H17Cl2NO4/c1-8-5-13-16(17(23)15(8)18(24)25-2)10(7-14(22)21-13)9-3-4-11(19)12(20)6-9/h3-4,6,8,10,15H,5,7H2,1-2H3,(H,21,22)/t8-,10-,15-/m0/s1. The molecule has 2 aliphatic rings. The van der Waals surface area contributed by atoms with E-state index in [2.05, 4.69) is 5.32 Å². The van der Waals surface area contributed by atoms with Crippen LogP contribution in [0.2, 0.25) is 10.0 Å². The summed E-state index contributed by atoms with van der Waals surface area (Å²) in [5.74, 6) is -2.56. The van der Waals surface area contributed by atoms with Gasteiger partial charge in [0.05, 0.1) is 17.2 Å². The zero-order valence-electron chi connectivity index (χ0n) is 13.8. The lowest BCUT2D eigenvalue weighted by Gasteiger charge is -2.36. The van der Waals surface area contributed by atoms with Crippen molar-refractivity contribution >= 4 is 40.9 Å². The van der Waals surface area contributed by atoms with Gasteiger partial charge in [-0.1, -0.05) is 36.2 Å². The number of halogens is 2. The third-order valence-electron chi connectivity index (χ3n) is 4.80. The van der Waals surface area contributed by atoms with E-state index in [-0.39, 0.29) is 24.0 Å². The van der Waals surface area contributed by atoms with Crippen molar-refractivity contribution in [3.05, 3.63) is 45.1 Å². The molecule has 3 atom stereocenters. The molecule has 0 bridgehead atoms. The maximum Gasteiger partial charge on any atom is 0.316 e. The van der Waals surface area contributed by atoms with Crippen LogP contribution in [0.15, 0.2) is 29.5 Å². The minimum Gasteiger partial charge on any atom is -0.468 e. The van der Waals surface area contributed by atoms with E-state index < -0.39 is 17.8 Å². The largest absolute Gasteiger partial charge is 0.468 e. The van der Waals surface area contributed by atoms with Crippen LogP contribution < -0.4 is 5.32 Å². The predicted octanol–water partition coefficient (Wildman–Crippen LogP) is 3.25. The first-order valence-corrected chi connectivity index (χ1v) is 8.69. The Balaban J connectivity index is 2.08. The van der Waals surface area contributed by atoms with E-state index in [1.165, 1.54) is 7.11 Å². The summed E-state index contributed by atoms with van der Waals surface area (Å²) >= 11 is 12.1. The maximum absolute atomic E-state index is 13.0. The third-order valence-corrected chi connectivity index (χ3v) is 5.54. The molecule has 7 heteroatoms. The van der Waals surface area contributed by atoms with E-state index in [0.29, 0.717) is 27.7 Å². The number of methoxy groups -OCH3 is 1. The monoisotopic (exact) mass is 381 g/mol. The quantitative estimate of drug-likeness (QED) is 0.630. The molecule has 0 spiro atoms. The first-order valence-electron chi connectivity index (χ1n) is 7.93. The number of carbonyl (C=O) groups is 3. The Bertz CT molecular complexity index is 802. The zero-order valence-corrected chi connectivity index (χ0v) is 15.3. The Morgan fingerprint density at radius 2 is 1.92 bits per heavy atom. The molecule has 0 fully saturated rings. The molecule has 5 nitrogen and oxygen atoms in total. The molecule has 0 unspecified atom stereocenters. The van der Waals surface area contributed by atoms with Crippen LogP contribution in [0.1, 0.15) is 31.2 Å². The molecule has 0 saturated heterocycles. The molecule has 1 aromatic rings. The average Bonchev–Trinajstić information content (AvgIpc) is 2.55. The van der Waals surface area contributed by atoms with Crippen LogP contribution in [0.25, 0.3) is 0 Å². The molecule has 1 N–H and O–H groups in total. The van der Waals surface area contributed by atoms with Gasteiger partial charge >= 0.3 is 5.97 Å². The summed E-state index contributed by atoms with van der Waals surface area (Å²) in [7, 11) is 1.27. The Labute approximate surface area is 155 Å². The Hall–Kier alpha value is -1.85. The van der Waals surface area contributed by atoms with E-state index in [1.807, 2.05) is 0 Å². The van der Waals surface area contributed by atoms with Gasteiger partial charge in [-0.25, -0.2) is 0 Å². The van der Waals surface area contributed by atoms with Crippen molar-refractivity contribution in [1.82, 2.24) is 5.32 Å². The summed E-state index contributed by atoms with van der Waals surface area (Å²) in [6.45, 7) is 1.80. The molecule has 0 saturated carbocycles. The summed E-state index contributed by atoms with van der Waals surface area (Å²) in [5.41, 5.74) is 1.78. The highest BCUT2D eigenvalue weighted by Gasteiger charge is 2.45. The molecule has 1 amide bonds. The van der Waals surface area contributed by atoms with E-state index in [4.69, 9.17) is 27.9 Å². The van der Waals surface area contributed by atoms with Crippen molar-refractivity contribution in [2.45, 2.75) is 25.7 Å². The van der Waals surface area contributed by atoms with E-state index in [9.17, 15) is 14.4 Å². The van der Waals surface area contributed by atoms with Crippen molar-refractivity contribution in [3.8, 4) is 0 Å². The van der Waals surface area contributed by atoms with Crippen LogP contribution in [0.3, 0.4) is 0 Å². The number of hydrogen-bond acceptors (Lipinski definition) is 4. The minimum absolute atomic E-state index is 0.116. The molecule has 1 heterocycles. The topological polar surface area (TPSA) is 72.5 Å². The fourth-order valence-electron chi connectivity index (χ4n) is 3.61. The number of ketones is 1. The zero-order chi connectivity index (χ0) is 18.3. The first-order chi connectivity index (χ1) is 11.8. The number of amides is 1. The molecular weight excluding hydrogens is 365 g/mol. The number of esters is 1. The molecular formula is C18H17Cl2NO4. The van der Waals surface area contributed by atoms with Gasteiger partial charge in [0.25, 0.3) is 0 Å². The predicted molar refractivity (Wildman–Crippen MR) is 93.3 cm³/mol. The fourth-order valence-corrected chi connectivity index (χ4v) is 3.92. The molecule has 25 heavy (non-hydrogen) atoms. The highest BCUT2D eigenvalue weighted by atomic mass is 35.5. The highest BCUT2D eigenvalue weighted by Crippen LogP contribution is 2.42. The lowest BCUT2D eigenvalue weighted by Crippen LogP contribution is -2.44. The van der Waals surface area contributed by atoms with Crippen molar-refractivity contribution in [2.75, 3.05) is 7.11 Å². The van der Waals surface area contributed by atoms with Crippen LogP contribution in [-0.4, -0.2) is 24.8 Å². The number of carbonyl (C=O) groups excluding carboxylic acids is 3. The summed E-state index contributed by atoms with van der Waals surface area (Å²) in [5, 5.41) is 3.55. The molecule has 1 aliphatic heterocycles. The van der Waals surface area contributed by atoms with Crippen LogP contribution in [-0.2, 0) is 19.1 Å². The SMILES string of the molecule is COC(=O)[C@@H]1C(=O)C2=C(C[C@@H]1C)NC(=O)C[C@H]2c1ccc(Cl)c(Cl)c1. The Morgan fingerprint density at radius 1 is 1.20 bits per heavy atom. The van der Waals surface area contributed by atoms with Crippen LogP contribution in [0.4, 0.5) is 0 Å². The Kier molecular flexibility index (Phi) is 4.89. The van der Waals surface area contributed by atoms with E-state index >= 15 is 0 Å². The maximum atomic E-state index is 13.0. The van der Waals surface area contributed by atoms with Gasteiger partial charge < -0.3 is 10.1 Å². The normalized spacial score (nSPS) is 26.2. The average molecular weight is 382 g/mol. The molecule has 0 radical (unpaired) electrons. The Morgan fingerprint density at radius 3 is 2.56 bits per heavy atom. The lowest BCUT2D eigenvalue weighted by molar-refractivity contribution is -0.151. The van der Waals surface area contributed by atoms with E-state index in [0.717, 1.165) is 5.56 Å². The second kappa shape index (κ2) is 6.81. The second-order valence-corrected chi connectivity index (χ2v) is 7.23. The number of nitrogens with one attached hydrogen (secondary N) is 1. The van der Waals surface area contributed by atoms with Crippen LogP contribution in [0.5, 0.6) is 0 Å². The van der Waals surface area contributed by atoms with Crippen LogP contribution in [0, 0.1) is 11.8 Å². The molecule has 3 rings (SSSR count). The molecule has 1 aliphatic carbocycles. The summed E-state index contributed by atoms with van der Waals surface area (Å²) in [4.78, 5) is 37.3.